The van der Waals surface area contributed by atoms with Gasteiger partial charge in [-0.2, -0.15) is 0 Å². The van der Waals surface area contributed by atoms with E-state index in [2.05, 4.69) is 0 Å². The third-order valence-electron chi connectivity index (χ3n) is 3.38. The molecule has 0 radical (unpaired) electrons. The molecule has 0 unspecified atom stereocenters. The molecule has 0 spiro atoms. The van der Waals surface area contributed by atoms with E-state index in [4.69, 9.17) is 0 Å². The summed E-state index contributed by atoms with van der Waals surface area (Å²) in [6.07, 6.45) is 6.77. The number of hydrogen-bond donors (Lipinski definition) is 0. The van der Waals surface area contributed by atoms with E-state index in [1.165, 1.54) is 12.8 Å². The van der Waals surface area contributed by atoms with Crippen LogP contribution in [-0.2, 0) is 10.0 Å². The maximum absolute atomic E-state index is 11.9. The standard InChI is InChI=1S/C10H19NO2S/c12-14(13,11-7-3-4-8-11)9-10-5-1-2-6-10/h10H,1-9H2. The molecule has 1 saturated heterocycles. The van der Waals surface area contributed by atoms with Gasteiger partial charge < -0.3 is 0 Å². The molecule has 1 aliphatic heterocycles. The van der Waals surface area contributed by atoms with E-state index in [-0.39, 0.29) is 0 Å². The highest BCUT2D eigenvalue weighted by Crippen LogP contribution is 2.27. The quantitative estimate of drug-likeness (QED) is 0.720. The van der Waals surface area contributed by atoms with Crippen LogP contribution in [0.3, 0.4) is 0 Å². The van der Waals surface area contributed by atoms with Crippen LogP contribution >= 0.6 is 0 Å². The van der Waals surface area contributed by atoms with Gasteiger partial charge in [-0.1, -0.05) is 12.8 Å². The first kappa shape index (κ1) is 10.4. The normalized spacial score (nSPS) is 26.0. The molecule has 0 N–H and O–H groups in total. The van der Waals surface area contributed by atoms with E-state index in [9.17, 15) is 8.42 Å². The maximum atomic E-state index is 11.9. The topological polar surface area (TPSA) is 37.4 Å². The van der Waals surface area contributed by atoms with Gasteiger partial charge in [0.15, 0.2) is 0 Å². The molecule has 0 aromatic rings. The van der Waals surface area contributed by atoms with Crippen molar-refractivity contribution in [1.29, 1.82) is 0 Å². The summed E-state index contributed by atoms with van der Waals surface area (Å²) in [5, 5.41) is 0. The van der Waals surface area contributed by atoms with E-state index in [0.717, 1.165) is 38.8 Å². The summed E-state index contributed by atoms with van der Waals surface area (Å²) >= 11 is 0. The van der Waals surface area contributed by atoms with Crippen LogP contribution in [0.2, 0.25) is 0 Å². The van der Waals surface area contributed by atoms with Crippen LogP contribution < -0.4 is 0 Å². The second-order valence-corrected chi connectivity index (χ2v) is 6.55. The molecule has 4 heteroatoms. The summed E-state index contributed by atoms with van der Waals surface area (Å²) in [5.41, 5.74) is 0. The van der Waals surface area contributed by atoms with Gasteiger partial charge in [0.25, 0.3) is 0 Å². The molecule has 0 aromatic carbocycles. The Morgan fingerprint density at radius 2 is 1.57 bits per heavy atom. The molecular formula is C10H19NO2S. The number of nitrogens with zero attached hydrogens (tertiary/aromatic N) is 1. The highest BCUT2D eigenvalue weighted by Gasteiger charge is 2.29. The van der Waals surface area contributed by atoms with E-state index >= 15 is 0 Å². The van der Waals surface area contributed by atoms with Crippen molar-refractivity contribution in [2.24, 2.45) is 5.92 Å². The summed E-state index contributed by atoms with van der Waals surface area (Å²) in [6, 6.07) is 0. The Hall–Kier alpha value is -0.0900. The van der Waals surface area contributed by atoms with Crippen molar-refractivity contribution in [3.63, 3.8) is 0 Å². The van der Waals surface area contributed by atoms with Crippen LogP contribution in [0.25, 0.3) is 0 Å². The summed E-state index contributed by atoms with van der Waals surface area (Å²) in [7, 11) is -2.91. The predicted octanol–water partition coefficient (Wildman–Crippen LogP) is 1.60. The predicted molar refractivity (Wildman–Crippen MR) is 56.6 cm³/mol. The molecule has 14 heavy (non-hydrogen) atoms. The van der Waals surface area contributed by atoms with Crippen molar-refractivity contribution in [1.82, 2.24) is 4.31 Å². The van der Waals surface area contributed by atoms with Crippen LogP contribution in [0, 0.1) is 5.92 Å². The average molecular weight is 217 g/mol. The lowest BCUT2D eigenvalue weighted by molar-refractivity contribution is 0.463. The lowest BCUT2D eigenvalue weighted by Gasteiger charge is -2.18. The van der Waals surface area contributed by atoms with Crippen LogP contribution in [0.1, 0.15) is 38.5 Å². The highest BCUT2D eigenvalue weighted by atomic mass is 32.2. The zero-order valence-electron chi connectivity index (χ0n) is 8.61. The monoisotopic (exact) mass is 217 g/mol. The third kappa shape index (κ3) is 2.28. The molecule has 1 heterocycles. The fourth-order valence-electron chi connectivity index (χ4n) is 2.55. The van der Waals surface area contributed by atoms with Gasteiger partial charge >= 0.3 is 0 Å². The Bertz CT molecular complexity index is 274. The lowest BCUT2D eigenvalue weighted by Crippen LogP contribution is -2.32. The SMILES string of the molecule is O=S(=O)(CC1CCCC1)N1CCCC1. The lowest BCUT2D eigenvalue weighted by atomic mass is 10.1. The first-order valence-corrected chi connectivity index (χ1v) is 7.27. The first-order valence-electron chi connectivity index (χ1n) is 5.66. The molecule has 2 aliphatic rings. The van der Waals surface area contributed by atoms with Gasteiger partial charge in [0.1, 0.15) is 0 Å². The van der Waals surface area contributed by atoms with Crippen LogP contribution in [0.5, 0.6) is 0 Å². The van der Waals surface area contributed by atoms with Gasteiger partial charge in [-0.25, -0.2) is 12.7 Å². The number of hydrogen-bond acceptors (Lipinski definition) is 2. The summed E-state index contributed by atoms with van der Waals surface area (Å²) < 4.78 is 25.5. The van der Waals surface area contributed by atoms with E-state index in [1.54, 1.807) is 4.31 Å². The van der Waals surface area contributed by atoms with Crippen molar-refractivity contribution in [2.45, 2.75) is 38.5 Å². The second kappa shape index (κ2) is 4.19. The smallest absolute Gasteiger partial charge is 0.212 e. The Morgan fingerprint density at radius 1 is 1.00 bits per heavy atom. The summed E-state index contributed by atoms with van der Waals surface area (Å²) in [5.74, 6) is 0.855. The fraction of sp³-hybridized carbons (Fsp3) is 1.00. The van der Waals surface area contributed by atoms with Crippen molar-refractivity contribution >= 4 is 10.0 Å². The van der Waals surface area contributed by atoms with Gasteiger partial charge in [0.2, 0.25) is 10.0 Å². The van der Waals surface area contributed by atoms with Gasteiger partial charge in [-0.3, -0.25) is 0 Å². The van der Waals surface area contributed by atoms with Gasteiger partial charge in [-0.15, -0.1) is 0 Å². The largest absolute Gasteiger partial charge is 0.214 e. The minimum atomic E-state index is -2.91. The van der Waals surface area contributed by atoms with E-state index < -0.39 is 10.0 Å². The zero-order chi connectivity index (χ0) is 10.0. The first-order chi connectivity index (χ1) is 6.68. The molecule has 3 nitrogen and oxygen atoms in total. The molecule has 0 aromatic heterocycles. The molecule has 0 atom stereocenters. The number of sulfonamides is 1. The number of rotatable bonds is 3. The van der Waals surface area contributed by atoms with E-state index in [0.29, 0.717) is 11.7 Å². The van der Waals surface area contributed by atoms with Crippen molar-refractivity contribution < 1.29 is 8.42 Å². The summed E-state index contributed by atoms with van der Waals surface area (Å²) in [4.78, 5) is 0. The molecule has 1 aliphatic carbocycles. The summed E-state index contributed by atoms with van der Waals surface area (Å²) in [6.45, 7) is 1.52. The van der Waals surface area contributed by atoms with Crippen LogP contribution in [-0.4, -0.2) is 31.6 Å². The Morgan fingerprint density at radius 3 is 2.14 bits per heavy atom. The third-order valence-corrected chi connectivity index (χ3v) is 5.42. The van der Waals surface area contributed by atoms with Crippen molar-refractivity contribution in [3.05, 3.63) is 0 Å². The minimum absolute atomic E-state index is 0.410. The molecule has 2 rings (SSSR count). The molecule has 1 saturated carbocycles. The van der Waals surface area contributed by atoms with Crippen molar-refractivity contribution in [2.75, 3.05) is 18.8 Å². The Labute approximate surface area is 86.5 Å². The second-order valence-electron chi connectivity index (χ2n) is 4.54. The van der Waals surface area contributed by atoms with Gasteiger partial charge in [0, 0.05) is 13.1 Å². The van der Waals surface area contributed by atoms with Crippen LogP contribution in [0.4, 0.5) is 0 Å². The maximum Gasteiger partial charge on any atom is 0.214 e. The highest BCUT2D eigenvalue weighted by molar-refractivity contribution is 7.89. The molecule has 0 amide bonds. The molecule has 0 bridgehead atoms. The minimum Gasteiger partial charge on any atom is -0.212 e. The fourth-order valence-corrected chi connectivity index (χ4v) is 4.50. The van der Waals surface area contributed by atoms with E-state index in [1.807, 2.05) is 0 Å². The average Bonchev–Trinajstić information content (AvgIpc) is 2.71. The molecular weight excluding hydrogens is 198 g/mol. The Kier molecular flexibility index (Phi) is 3.12. The van der Waals surface area contributed by atoms with Gasteiger partial charge in [0.05, 0.1) is 5.75 Å². The van der Waals surface area contributed by atoms with Crippen LogP contribution in [0.15, 0.2) is 0 Å². The van der Waals surface area contributed by atoms with Gasteiger partial charge in [-0.05, 0) is 31.6 Å². The molecule has 82 valence electrons. The molecule has 2 fully saturated rings. The van der Waals surface area contributed by atoms with Crippen molar-refractivity contribution in [3.8, 4) is 0 Å². The Balaban J connectivity index is 1.93. The zero-order valence-corrected chi connectivity index (χ0v) is 9.43.